The number of hydrogen-bond acceptors (Lipinski definition) is 8. The minimum absolute atomic E-state index is 0. The second-order valence-electron chi connectivity index (χ2n) is 10.3. The topological polar surface area (TPSA) is 107 Å². The molecule has 0 spiro atoms. The Hall–Kier alpha value is -2.77. The van der Waals surface area contributed by atoms with E-state index in [2.05, 4.69) is 69.9 Å². The number of nitrogens with one attached hydrogen (secondary N) is 1. The Morgan fingerprint density at radius 3 is 2.27 bits per heavy atom. The lowest BCUT2D eigenvalue weighted by Crippen LogP contribution is -2.35. The summed E-state index contributed by atoms with van der Waals surface area (Å²) in [6.45, 7) is 7.90. The van der Waals surface area contributed by atoms with Crippen LogP contribution in [-0.4, -0.2) is 44.0 Å². The zero-order valence-electron chi connectivity index (χ0n) is 25.0. The molecule has 8 nitrogen and oxygen atoms in total. The largest absolute Gasteiger partial charge is 0.870 e. The summed E-state index contributed by atoms with van der Waals surface area (Å²) in [7, 11) is -3.90. The molecular weight excluding hydrogens is 671 g/mol. The highest BCUT2D eigenvalue weighted by atomic mass is 35.5. The van der Waals surface area contributed by atoms with E-state index >= 15 is 0 Å². The predicted molar refractivity (Wildman–Crippen MR) is 190 cm³/mol. The lowest BCUT2D eigenvalue weighted by molar-refractivity contribution is -0.669. The van der Waals surface area contributed by atoms with Crippen LogP contribution in [0.2, 0.25) is 10.0 Å². The van der Waals surface area contributed by atoms with Gasteiger partial charge < -0.3 is 20.6 Å². The molecule has 3 heterocycles. The van der Waals surface area contributed by atoms with Crippen LogP contribution in [0.4, 0.5) is 17.1 Å². The molecule has 1 aromatic heterocycles. The summed E-state index contributed by atoms with van der Waals surface area (Å²) in [6, 6.07) is 20.3. The number of halogens is 2. The van der Waals surface area contributed by atoms with E-state index in [0.717, 1.165) is 41.0 Å². The van der Waals surface area contributed by atoms with E-state index < -0.39 is 10.1 Å². The maximum atomic E-state index is 10.9. The molecule has 2 aliphatic rings. The number of aromatic nitrogens is 1. The van der Waals surface area contributed by atoms with Gasteiger partial charge in [0.15, 0.2) is 6.54 Å². The molecule has 0 aliphatic carbocycles. The van der Waals surface area contributed by atoms with E-state index in [-0.39, 0.29) is 11.2 Å². The fourth-order valence-electron chi connectivity index (χ4n) is 5.12. The quantitative estimate of drug-likeness (QED) is 0.102. The van der Waals surface area contributed by atoms with Gasteiger partial charge in [0.25, 0.3) is 15.1 Å². The van der Waals surface area contributed by atoms with Crippen LogP contribution in [0.15, 0.2) is 82.7 Å². The van der Waals surface area contributed by atoms with Crippen molar-refractivity contribution < 1.29 is 23.0 Å². The number of aryl methyl sites for hydroxylation is 1. The highest BCUT2D eigenvalue weighted by molar-refractivity contribution is 8.03. The summed E-state index contributed by atoms with van der Waals surface area (Å²) in [5.41, 5.74) is 4.65. The van der Waals surface area contributed by atoms with Gasteiger partial charge >= 0.3 is 0 Å². The number of para-hydroxylation sites is 2. The molecule has 0 bridgehead atoms. The van der Waals surface area contributed by atoms with Crippen LogP contribution in [0.1, 0.15) is 31.7 Å². The van der Waals surface area contributed by atoms with Crippen LogP contribution in [0.5, 0.6) is 0 Å². The number of benzene rings is 3. The van der Waals surface area contributed by atoms with E-state index in [9.17, 15) is 8.42 Å². The van der Waals surface area contributed by atoms with Crippen molar-refractivity contribution in [2.45, 2.75) is 38.1 Å². The van der Waals surface area contributed by atoms with Crippen molar-refractivity contribution in [2.24, 2.45) is 0 Å². The van der Waals surface area contributed by atoms with Gasteiger partial charge in [0, 0.05) is 36.5 Å². The number of allylic oxidation sites excluding steroid dienone is 2. The number of nitrogens with zero attached hydrogens (tertiary/aromatic N) is 3. The Labute approximate surface area is 283 Å². The van der Waals surface area contributed by atoms with Crippen LogP contribution in [-0.2, 0) is 16.7 Å². The minimum Gasteiger partial charge on any atom is -0.870 e. The van der Waals surface area contributed by atoms with Gasteiger partial charge in [-0.25, -0.2) is 0 Å². The maximum Gasteiger partial charge on any atom is 0.264 e. The monoisotopic (exact) mass is 706 g/mol. The standard InChI is InChI=1S/C21H20N2O3S3.C11H14Cl2N2.H2O/c24-29(25,26)15-6-5-14-23-17-9-2-4-11-19(17)28-21(23)13-7-12-20-22-16-8-1-3-10-18(16)27-20;1-3-14-7-15(4-2)11-6-9(13)8(12)5-10(11)14;/h1-4,7-13H,5-6,14-15H2,(H,24,25,26);5-6H,3-4,7H2,1-2H3;1H2. The zero-order valence-corrected chi connectivity index (χ0v) is 28.9. The molecule has 13 heteroatoms. The molecule has 45 heavy (non-hydrogen) atoms. The van der Waals surface area contributed by atoms with E-state index in [1.165, 1.54) is 21.0 Å². The van der Waals surface area contributed by atoms with Crippen molar-refractivity contribution in [3.05, 3.63) is 92.9 Å². The molecule has 0 fully saturated rings. The van der Waals surface area contributed by atoms with Gasteiger partial charge in [-0.2, -0.15) is 13.0 Å². The van der Waals surface area contributed by atoms with Crippen molar-refractivity contribution in [3.8, 4) is 0 Å². The normalized spacial score (nSPS) is 14.7. The highest BCUT2D eigenvalue weighted by Crippen LogP contribution is 2.41. The maximum absolute atomic E-state index is 10.9. The molecular formula is C32H36Cl2N4O4S3. The molecule has 240 valence electrons. The smallest absolute Gasteiger partial charge is 0.264 e. The molecule has 6 rings (SSSR count). The molecule has 0 saturated carbocycles. The van der Waals surface area contributed by atoms with Gasteiger partial charge in [0.05, 0.1) is 44.6 Å². The molecule has 0 amide bonds. The Morgan fingerprint density at radius 2 is 1.62 bits per heavy atom. The molecule has 4 aromatic rings. The minimum atomic E-state index is -3.90. The third-order valence-corrected chi connectivity index (χ3v) is 11.0. The van der Waals surface area contributed by atoms with Crippen LogP contribution in [0, 0.1) is 0 Å². The van der Waals surface area contributed by atoms with Crippen LogP contribution in [0.3, 0.4) is 0 Å². The van der Waals surface area contributed by atoms with Crippen molar-refractivity contribution in [1.29, 1.82) is 0 Å². The first-order valence-corrected chi connectivity index (χ1v) is 18.4. The average molecular weight is 708 g/mol. The number of thiazole rings is 1. The lowest BCUT2D eigenvalue weighted by Gasteiger charge is -2.18. The second-order valence-corrected chi connectivity index (χ2v) is 14.8. The Bertz CT molecular complexity index is 1750. The van der Waals surface area contributed by atoms with E-state index in [4.69, 9.17) is 27.8 Å². The first-order valence-electron chi connectivity index (χ1n) is 14.4. The molecule has 2 aliphatic heterocycles. The third kappa shape index (κ3) is 8.74. The molecule has 3 N–H and O–H groups in total. The Kier molecular flexibility index (Phi) is 12.2. The summed E-state index contributed by atoms with van der Waals surface area (Å²) in [4.78, 5) is 5.81. The van der Waals surface area contributed by atoms with Crippen molar-refractivity contribution in [3.63, 3.8) is 0 Å². The van der Waals surface area contributed by atoms with E-state index in [1.54, 1.807) is 23.1 Å². The number of rotatable bonds is 9. The first kappa shape index (κ1) is 35.1. The van der Waals surface area contributed by atoms with Crippen molar-refractivity contribution in [1.82, 2.24) is 0 Å². The van der Waals surface area contributed by atoms with E-state index in [0.29, 0.717) is 29.4 Å². The zero-order chi connectivity index (χ0) is 31.3. The molecule has 0 saturated heterocycles. The average Bonchev–Trinajstić information content (AvgIpc) is 3.68. The first-order chi connectivity index (χ1) is 21.2. The summed E-state index contributed by atoms with van der Waals surface area (Å²) < 4.78 is 34.2. The third-order valence-electron chi connectivity index (χ3n) is 7.33. The van der Waals surface area contributed by atoms with Crippen LogP contribution < -0.4 is 19.7 Å². The van der Waals surface area contributed by atoms with Crippen LogP contribution in [0.25, 0.3) is 16.3 Å². The number of fused-ring (bicyclic) bond motifs is 3. The summed E-state index contributed by atoms with van der Waals surface area (Å²) in [5.74, 6) is -0.198. The Balaban J connectivity index is 0.000000243. The van der Waals surface area contributed by atoms with Gasteiger partial charge in [0.1, 0.15) is 4.70 Å². The Morgan fingerprint density at radius 1 is 0.978 bits per heavy atom. The molecule has 0 unspecified atom stereocenters. The van der Waals surface area contributed by atoms with Gasteiger partial charge in [-0.15, -0.1) is 0 Å². The fourth-order valence-corrected chi connectivity index (χ4v) is 8.03. The second kappa shape index (κ2) is 15.7. The summed E-state index contributed by atoms with van der Waals surface area (Å²) in [6.07, 6.45) is 7.31. The number of anilines is 3. The fraction of sp³-hybridized carbons (Fsp3) is 0.281. The number of unbranched alkanes of at least 4 members (excludes halogenated alkanes) is 1. The predicted octanol–water partition coefficient (Wildman–Crippen LogP) is 8.37. The van der Waals surface area contributed by atoms with Gasteiger partial charge in [-0.05, 0) is 56.7 Å². The molecule has 0 radical (unpaired) electrons. The highest BCUT2D eigenvalue weighted by Gasteiger charge is 2.25. The van der Waals surface area contributed by atoms with Crippen molar-refractivity contribution in [2.75, 3.05) is 40.6 Å². The van der Waals surface area contributed by atoms with Gasteiger partial charge in [0.2, 0.25) is 5.52 Å². The van der Waals surface area contributed by atoms with Crippen molar-refractivity contribution >= 4 is 89.8 Å². The van der Waals surface area contributed by atoms with E-state index in [1.807, 2.05) is 42.5 Å². The number of hydrogen-bond donors (Lipinski definition) is 2. The van der Waals surface area contributed by atoms with Gasteiger partial charge in [-0.1, -0.05) is 76.6 Å². The summed E-state index contributed by atoms with van der Waals surface area (Å²) >= 11 is 15.5. The SMILES string of the molecule is CCN1CN(CC)c2cc(Cl)c(Cl)cc21.O=S(=O)(O)CCCC[n+]1c(C=CC=C2Nc3ccccc3S2)sc2ccccc21.[OH-]. The van der Waals surface area contributed by atoms with Crippen LogP contribution >= 0.6 is 46.3 Å². The van der Waals surface area contributed by atoms with Gasteiger partial charge in [-0.3, -0.25) is 4.55 Å². The molecule has 3 aromatic carbocycles. The molecule has 0 atom stereocenters. The summed E-state index contributed by atoms with van der Waals surface area (Å²) in [5, 5.41) is 6.86. The lowest BCUT2D eigenvalue weighted by atomic mass is 10.2. The number of thioether (sulfide) groups is 1.